The lowest BCUT2D eigenvalue weighted by Crippen LogP contribution is -2.05. The van der Waals surface area contributed by atoms with Crippen LogP contribution in [-0.2, 0) is 16.0 Å². The van der Waals surface area contributed by atoms with Crippen molar-refractivity contribution in [2.45, 2.75) is 57.8 Å². The predicted octanol–water partition coefficient (Wildman–Crippen LogP) is 5.56. The molecule has 0 saturated heterocycles. The van der Waals surface area contributed by atoms with Crippen LogP contribution in [0.1, 0.15) is 56.9 Å². The predicted molar refractivity (Wildman–Crippen MR) is 101 cm³/mol. The maximum absolute atomic E-state index is 11.1. The van der Waals surface area contributed by atoms with Gasteiger partial charge in [0.2, 0.25) is 0 Å². The second-order valence-electron chi connectivity index (χ2n) is 6.28. The van der Waals surface area contributed by atoms with Crippen molar-refractivity contribution in [3.05, 3.63) is 39.9 Å². The van der Waals surface area contributed by atoms with Crippen LogP contribution >= 0.6 is 15.9 Å². The van der Waals surface area contributed by atoms with Gasteiger partial charge >= 0.3 is 5.97 Å². The molecule has 132 valence electrons. The maximum atomic E-state index is 11.1. The second kappa shape index (κ2) is 10.5. The Labute approximate surface area is 153 Å². The number of aryl methyl sites for hydroxylation is 1. The summed E-state index contributed by atoms with van der Waals surface area (Å²) in [5, 5.41) is 0. The molecule has 0 heterocycles. The molecule has 1 aliphatic rings. The number of halogens is 1. The van der Waals surface area contributed by atoms with Crippen molar-refractivity contribution in [2.75, 3.05) is 13.7 Å². The van der Waals surface area contributed by atoms with E-state index in [1.54, 1.807) is 0 Å². The van der Waals surface area contributed by atoms with Gasteiger partial charge in [-0.1, -0.05) is 40.9 Å². The van der Waals surface area contributed by atoms with Crippen molar-refractivity contribution in [1.82, 2.24) is 0 Å². The van der Waals surface area contributed by atoms with Crippen LogP contribution in [0.15, 0.2) is 34.3 Å². The maximum Gasteiger partial charge on any atom is 0.305 e. The Morgan fingerprint density at radius 1 is 1.08 bits per heavy atom. The molecule has 0 aliphatic heterocycles. The summed E-state index contributed by atoms with van der Waals surface area (Å²) in [4.78, 5) is 11.1. The molecule has 0 saturated carbocycles. The molecule has 2 rings (SSSR count). The molecule has 1 aromatic rings. The molecule has 0 aromatic heterocycles. The van der Waals surface area contributed by atoms with E-state index in [1.165, 1.54) is 48.4 Å². The minimum Gasteiger partial charge on any atom is -0.489 e. The Hall–Kier alpha value is -1.29. The summed E-state index contributed by atoms with van der Waals surface area (Å²) < 4.78 is 12.0. The van der Waals surface area contributed by atoms with Crippen molar-refractivity contribution >= 4 is 21.9 Å². The average molecular weight is 395 g/mol. The smallest absolute Gasteiger partial charge is 0.305 e. The Bertz CT molecular complexity index is 549. The molecule has 0 radical (unpaired) electrons. The number of carbonyl (C=O) groups is 1. The highest BCUT2D eigenvalue weighted by atomic mass is 79.9. The van der Waals surface area contributed by atoms with Gasteiger partial charge in [-0.05, 0) is 66.3 Å². The van der Waals surface area contributed by atoms with Crippen LogP contribution in [0.4, 0.5) is 0 Å². The molecule has 1 aromatic carbocycles. The first-order valence-corrected chi connectivity index (χ1v) is 9.63. The van der Waals surface area contributed by atoms with Crippen molar-refractivity contribution in [2.24, 2.45) is 0 Å². The van der Waals surface area contributed by atoms with Gasteiger partial charge in [0, 0.05) is 6.42 Å². The van der Waals surface area contributed by atoms with E-state index in [-0.39, 0.29) is 5.97 Å². The standard InChI is InChI=1S/C20H27BrO3/c1-23-20(22)10-6-7-16-11-13-18(14-12-16)24-15-17-8-4-2-3-5-9-19(17)21/h11-14H,2-10,15H2,1H3/b19-17-. The van der Waals surface area contributed by atoms with Crippen LogP contribution in [0.5, 0.6) is 5.75 Å². The lowest BCUT2D eigenvalue weighted by Gasteiger charge is -2.15. The van der Waals surface area contributed by atoms with E-state index in [0.29, 0.717) is 13.0 Å². The van der Waals surface area contributed by atoms with Crippen LogP contribution in [-0.4, -0.2) is 19.7 Å². The summed E-state index contributed by atoms with van der Waals surface area (Å²) in [6.45, 7) is 0.669. The SMILES string of the molecule is COC(=O)CCCc1ccc(OC/C2=C(\Br)CCCCCC2)cc1. The molecule has 0 bridgehead atoms. The molecule has 1 aliphatic carbocycles. The van der Waals surface area contributed by atoms with Gasteiger partial charge in [0.25, 0.3) is 0 Å². The van der Waals surface area contributed by atoms with Gasteiger partial charge in [-0.25, -0.2) is 0 Å². The molecule has 0 unspecified atom stereocenters. The van der Waals surface area contributed by atoms with E-state index in [0.717, 1.165) is 31.4 Å². The van der Waals surface area contributed by atoms with Gasteiger partial charge in [-0.3, -0.25) is 4.79 Å². The van der Waals surface area contributed by atoms with Gasteiger partial charge in [-0.2, -0.15) is 0 Å². The molecule has 0 fully saturated rings. The van der Waals surface area contributed by atoms with Crippen LogP contribution in [0.2, 0.25) is 0 Å². The van der Waals surface area contributed by atoms with Crippen LogP contribution < -0.4 is 4.74 Å². The monoisotopic (exact) mass is 394 g/mol. The summed E-state index contributed by atoms with van der Waals surface area (Å²) in [6, 6.07) is 8.19. The minimum absolute atomic E-state index is 0.145. The highest BCUT2D eigenvalue weighted by Gasteiger charge is 2.09. The molecule has 0 spiro atoms. The zero-order valence-corrected chi connectivity index (χ0v) is 16.1. The first kappa shape index (κ1) is 19.0. The van der Waals surface area contributed by atoms with Crippen molar-refractivity contribution in [3.63, 3.8) is 0 Å². The molecule has 0 atom stereocenters. The fourth-order valence-corrected chi connectivity index (χ4v) is 3.49. The zero-order valence-electron chi connectivity index (χ0n) is 14.5. The van der Waals surface area contributed by atoms with E-state index in [4.69, 9.17) is 4.74 Å². The first-order valence-electron chi connectivity index (χ1n) is 8.84. The molecule has 3 nitrogen and oxygen atoms in total. The van der Waals surface area contributed by atoms with Crippen LogP contribution in [0.3, 0.4) is 0 Å². The molecule has 0 N–H and O–H groups in total. The minimum atomic E-state index is -0.145. The van der Waals surface area contributed by atoms with E-state index >= 15 is 0 Å². The summed E-state index contributed by atoms with van der Waals surface area (Å²) >= 11 is 3.73. The van der Waals surface area contributed by atoms with E-state index in [2.05, 4.69) is 32.8 Å². The summed E-state index contributed by atoms with van der Waals surface area (Å²) in [6.07, 6.45) is 9.61. The number of hydrogen-bond donors (Lipinski definition) is 0. The van der Waals surface area contributed by atoms with Gasteiger partial charge in [0.1, 0.15) is 12.4 Å². The quantitative estimate of drug-likeness (QED) is 0.567. The highest BCUT2D eigenvalue weighted by Crippen LogP contribution is 2.27. The molecule has 4 heteroatoms. The third kappa shape index (κ3) is 6.68. The van der Waals surface area contributed by atoms with Crippen molar-refractivity contribution in [3.8, 4) is 5.75 Å². The van der Waals surface area contributed by atoms with Gasteiger partial charge in [0.05, 0.1) is 7.11 Å². The van der Waals surface area contributed by atoms with E-state index < -0.39 is 0 Å². The number of benzene rings is 1. The molecule has 24 heavy (non-hydrogen) atoms. The number of carbonyl (C=O) groups excluding carboxylic acids is 1. The lowest BCUT2D eigenvalue weighted by atomic mass is 10.0. The van der Waals surface area contributed by atoms with Crippen molar-refractivity contribution in [1.29, 1.82) is 0 Å². The third-order valence-corrected chi connectivity index (χ3v) is 5.38. The summed E-state index contributed by atoms with van der Waals surface area (Å²) in [7, 11) is 1.43. The van der Waals surface area contributed by atoms with Crippen molar-refractivity contribution < 1.29 is 14.3 Å². The summed E-state index contributed by atoms with van der Waals surface area (Å²) in [5.74, 6) is 0.759. The number of esters is 1. The number of ether oxygens (including phenoxy) is 2. The fraction of sp³-hybridized carbons (Fsp3) is 0.550. The van der Waals surface area contributed by atoms with Crippen LogP contribution in [0.25, 0.3) is 0 Å². The Morgan fingerprint density at radius 3 is 2.50 bits per heavy atom. The Morgan fingerprint density at radius 2 is 1.79 bits per heavy atom. The van der Waals surface area contributed by atoms with E-state index in [1.807, 2.05) is 12.1 Å². The number of rotatable bonds is 7. The first-order chi connectivity index (χ1) is 11.7. The second-order valence-corrected chi connectivity index (χ2v) is 7.24. The number of allylic oxidation sites excluding steroid dienone is 1. The number of hydrogen-bond acceptors (Lipinski definition) is 3. The fourth-order valence-electron chi connectivity index (χ4n) is 2.90. The number of methoxy groups -OCH3 is 1. The molecular formula is C20H27BrO3. The Balaban J connectivity index is 1.80. The third-order valence-electron chi connectivity index (χ3n) is 4.42. The highest BCUT2D eigenvalue weighted by molar-refractivity contribution is 9.11. The zero-order chi connectivity index (χ0) is 17.2. The molecule has 0 amide bonds. The van der Waals surface area contributed by atoms with Crippen LogP contribution in [0, 0.1) is 0 Å². The normalized spacial score (nSPS) is 18.6. The largest absolute Gasteiger partial charge is 0.489 e. The van der Waals surface area contributed by atoms with Gasteiger partial charge < -0.3 is 9.47 Å². The topological polar surface area (TPSA) is 35.5 Å². The molecular weight excluding hydrogens is 368 g/mol. The average Bonchev–Trinajstić information content (AvgIpc) is 2.59. The van der Waals surface area contributed by atoms with Gasteiger partial charge in [-0.15, -0.1) is 0 Å². The van der Waals surface area contributed by atoms with Gasteiger partial charge in [0.15, 0.2) is 0 Å². The summed E-state index contributed by atoms with van der Waals surface area (Å²) in [5.41, 5.74) is 2.62. The Kier molecular flexibility index (Phi) is 8.37. The van der Waals surface area contributed by atoms with E-state index in [9.17, 15) is 4.79 Å². The lowest BCUT2D eigenvalue weighted by molar-refractivity contribution is -0.140.